The number of aromatic amines is 1. The fourth-order valence-electron chi connectivity index (χ4n) is 3.44. The molecule has 6 heteroatoms. The van der Waals surface area contributed by atoms with Crippen molar-refractivity contribution < 1.29 is 4.79 Å². The van der Waals surface area contributed by atoms with Crippen LogP contribution in [-0.2, 0) is 4.79 Å². The van der Waals surface area contributed by atoms with Gasteiger partial charge in [0, 0.05) is 40.3 Å². The normalized spacial score (nSPS) is 14.6. The van der Waals surface area contributed by atoms with Crippen LogP contribution in [0.5, 0.6) is 0 Å². The highest BCUT2D eigenvalue weighted by molar-refractivity contribution is 6.35. The Balaban J connectivity index is 1.49. The number of anilines is 2. The number of nitrogens with zero attached hydrogens (tertiary/aromatic N) is 2. The van der Waals surface area contributed by atoms with Gasteiger partial charge in [-0.1, -0.05) is 12.1 Å². The molecule has 4 N–H and O–H groups in total. The molecule has 0 atom stereocenters. The largest absolute Gasteiger partial charge is 0.399 e. The van der Waals surface area contributed by atoms with Crippen molar-refractivity contribution in [1.29, 1.82) is 0 Å². The van der Waals surface area contributed by atoms with Crippen LogP contribution in [-0.4, -0.2) is 21.1 Å². The van der Waals surface area contributed by atoms with E-state index < -0.39 is 0 Å². The Bertz CT molecular complexity index is 1300. The minimum absolute atomic E-state index is 0.128. The molecule has 0 fully saturated rings. The first-order chi connectivity index (χ1) is 14.2. The van der Waals surface area contributed by atoms with Gasteiger partial charge in [-0.05, 0) is 65.7 Å². The summed E-state index contributed by atoms with van der Waals surface area (Å²) < 4.78 is 0. The van der Waals surface area contributed by atoms with E-state index in [1.54, 1.807) is 18.5 Å². The summed E-state index contributed by atoms with van der Waals surface area (Å²) in [6.07, 6.45) is 9.35. The van der Waals surface area contributed by atoms with Gasteiger partial charge < -0.3 is 11.1 Å². The van der Waals surface area contributed by atoms with Crippen molar-refractivity contribution in [2.75, 3.05) is 11.1 Å². The van der Waals surface area contributed by atoms with Gasteiger partial charge in [-0.15, -0.1) is 0 Å². The number of carbonyl (C=O) groups excluding carboxylic acids is 1. The molecule has 2 aromatic carbocycles. The zero-order valence-electron chi connectivity index (χ0n) is 15.4. The number of hydrogen-bond acceptors (Lipinski definition) is 4. The second-order valence-corrected chi connectivity index (χ2v) is 6.84. The molecule has 3 heterocycles. The molecule has 29 heavy (non-hydrogen) atoms. The number of pyridine rings is 1. The first-order valence-electron chi connectivity index (χ1n) is 9.16. The van der Waals surface area contributed by atoms with E-state index in [9.17, 15) is 4.79 Å². The van der Waals surface area contributed by atoms with E-state index in [0.29, 0.717) is 11.3 Å². The lowest BCUT2D eigenvalue weighted by Crippen LogP contribution is -2.03. The minimum Gasteiger partial charge on any atom is -0.399 e. The lowest BCUT2D eigenvalue weighted by Gasteiger charge is -2.01. The van der Waals surface area contributed by atoms with Gasteiger partial charge in [0.1, 0.15) is 0 Å². The second kappa shape index (κ2) is 6.76. The maximum Gasteiger partial charge on any atom is 0.256 e. The molecule has 1 aliphatic rings. The van der Waals surface area contributed by atoms with E-state index in [1.165, 1.54) is 0 Å². The topological polar surface area (TPSA) is 96.7 Å². The minimum atomic E-state index is -0.128. The van der Waals surface area contributed by atoms with Gasteiger partial charge in [-0.25, -0.2) is 0 Å². The maximum absolute atomic E-state index is 12.4. The van der Waals surface area contributed by atoms with Gasteiger partial charge in [-0.2, -0.15) is 5.10 Å². The third kappa shape index (κ3) is 3.17. The summed E-state index contributed by atoms with van der Waals surface area (Å²) in [5.41, 5.74) is 12.4. The molecule has 0 unspecified atom stereocenters. The predicted octanol–water partition coefficient (Wildman–Crippen LogP) is 4.20. The predicted molar refractivity (Wildman–Crippen MR) is 117 cm³/mol. The van der Waals surface area contributed by atoms with Crippen molar-refractivity contribution in [2.24, 2.45) is 0 Å². The average molecular weight is 379 g/mol. The summed E-state index contributed by atoms with van der Waals surface area (Å²) in [4.78, 5) is 16.4. The number of H-pyrrole nitrogens is 1. The highest BCUT2D eigenvalue weighted by Crippen LogP contribution is 2.34. The summed E-state index contributed by atoms with van der Waals surface area (Å²) >= 11 is 0. The molecule has 0 bridgehead atoms. The molecular formula is C23H17N5O. The number of benzene rings is 2. The van der Waals surface area contributed by atoms with Crippen molar-refractivity contribution in [3.63, 3.8) is 0 Å². The Morgan fingerprint density at radius 1 is 0.931 bits per heavy atom. The first-order valence-corrected chi connectivity index (χ1v) is 9.16. The fourth-order valence-corrected chi connectivity index (χ4v) is 3.44. The summed E-state index contributed by atoms with van der Waals surface area (Å²) in [5.74, 6) is -0.128. The van der Waals surface area contributed by atoms with E-state index in [1.807, 2.05) is 60.7 Å². The van der Waals surface area contributed by atoms with Gasteiger partial charge in [0.2, 0.25) is 0 Å². The van der Waals surface area contributed by atoms with Crippen LogP contribution in [0.4, 0.5) is 11.4 Å². The number of nitrogen functional groups attached to an aromatic ring is 1. The van der Waals surface area contributed by atoms with Gasteiger partial charge >= 0.3 is 0 Å². The van der Waals surface area contributed by atoms with Crippen molar-refractivity contribution in [1.82, 2.24) is 15.2 Å². The van der Waals surface area contributed by atoms with Crippen LogP contribution in [0.15, 0.2) is 60.9 Å². The van der Waals surface area contributed by atoms with Crippen molar-refractivity contribution in [3.05, 3.63) is 83.3 Å². The van der Waals surface area contributed by atoms with Crippen LogP contribution in [0.3, 0.4) is 0 Å². The molecule has 0 saturated carbocycles. The number of amides is 1. The molecule has 6 nitrogen and oxygen atoms in total. The molecule has 0 radical (unpaired) electrons. The number of aromatic nitrogens is 3. The van der Waals surface area contributed by atoms with E-state index in [4.69, 9.17) is 5.73 Å². The lowest BCUT2D eigenvalue weighted by atomic mass is 10.0. The van der Waals surface area contributed by atoms with Crippen molar-refractivity contribution in [2.45, 2.75) is 0 Å². The molecular weight excluding hydrogens is 362 g/mol. The number of rotatable bonds is 3. The summed E-state index contributed by atoms with van der Waals surface area (Å²) in [7, 11) is 0. The molecule has 0 spiro atoms. The second-order valence-electron chi connectivity index (χ2n) is 6.84. The van der Waals surface area contributed by atoms with Crippen LogP contribution < -0.4 is 11.1 Å². The number of nitrogens with one attached hydrogen (secondary N) is 2. The van der Waals surface area contributed by atoms with Crippen molar-refractivity contribution >= 4 is 52.0 Å². The molecule has 140 valence electrons. The van der Waals surface area contributed by atoms with E-state index >= 15 is 0 Å². The molecule has 0 aliphatic carbocycles. The lowest BCUT2D eigenvalue weighted by molar-refractivity contribution is -0.110. The van der Waals surface area contributed by atoms with Crippen LogP contribution in [0.1, 0.15) is 22.4 Å². The quantitative estimate of drug-likeness (QED) is 0.367. The van der Waals surface area contributed by atoms with Crippen molar-refractivity contribution in [3.8, 4) is 0 Å². The number of carbonyl (C=O) groups is 1. The average Bonchev–Trinajstić information content (AvgIpc) is 3.28. The Morgan fingerprint density at radius 2 is 1.79 bits per heavy atom. The molecule has 0 saturated heterocycles. The SMILES string of the molecule is Nc1ccc2c(c1)C(=Cc1ccc3c(/C=C/c4ccncc4)n[nH]c3c1)C(=O)N2. The zero-order valence-corrected chi connectivity index (χ0v) is 15.4. The highest BCUT2D eigenvalue weighted by Gasteiger charge is 2.24. The molecule has 1 aliphatic heterocycles. The van der Waals surface area contributed by atoms with Gasteiger partial charge in [-0.3, -0.25) is 14.9 Å². The van der Waals surface area contributed by atoms with Gasteiger partial charge in [0.25, 0.3) is 5.91 Å². The third-order valence-corrected chi connectivity index (χ3v) is 4.89. The summed E-state index contributed by atoms with van der Waals surface area (Å²) in [6, 6.07) is 15.3. The standard InChI is InChI=1S/C23H17N5O/c24-16-3-6-20-18(13-16)19(23(29)26-20)11-15-1-4-17-21(27-28-22(17)12-15)5-2-14-7-9-25-10-8-14/h1-13H,24H2,(H,26,29)(H,27,28)/b5-2+,19-11?. The molecule has 1 amide bonds. The Kier molecular flexibility index (Phi) is 3.95. The number of nitrogens with two attached hydrogens (primary N) is 1. The number of fused-ring (bicyclic) bond motifs is 2. The smallest absolute Gasteiger partial charge is 0.256 e. The first kappa shape index (κ1) is 16.9. The number of hydrogen-bond donors (Lipinski definition) is 3. The fraction of sp³-hybridized carbons (Fsp3) is 0. The maximum atomic E-state index is 12.4. The third-order valence-electron chi connectivity index (χ3n) is 4.89. The highest BCUT2D eigenvalue weighted by atomic mass is 16.2. The van der Waals surface area contributed by atoms with Crippen LogP contribution >= 0.6 is 0 Å². The van der Waals surface area contributed by atoms with E-state index in [-0.39, 0.29) is 5.91 Å². The van der Waals surface area contributed by atoms with Gasteiger partial charge in [0.15, 0.2) is 0 Å². The molecule has 5 rings (SSSR count). The zero-order chi connectivity index (χ0) is 19.8. The van der Waals surface area contributed by atoms with Crippen LogP contribution in [0.2, 0.25) is 0 Å². The van der Waals surface area contributed by atoms with E-state index in [0.717, 1.165) is 39.0 Å². The Morgan fingerprint density at radius 3 is 2.66 bits per heavy atom. The van der Waals surface area contributed by atoms with Crippen LogP contribution in [0, 0.1) is 0 Å². The molecule has 2 aromatic heterocycles. The Hall–Kier alpha value is -4.19. The molecule has 4 aromatic rings. The van der Waals surface area contributed by atoms with Crippen LogP contribution in [0.25, 0.3) is 34.7 Å². The van der Waals surface area contributed by atoms with Gasteiger partial charge in [0.05, 0.1) is 11.2 Å². The van der Waals surface area contributed by atoms with E-state index in [2.05, 4.69) is 20.5 Å². The summed E-state index contributed by atoms with van der Waals surface area (Å²) in [6.45, 7) is 0. The Labute approximate surface area is 166 Å². The summed E-state index contributed by atoms with van der Waals surface area (Å²) in [5, 5.41) is 11.4. The monoisotopic (exact) mass is 379 g/mol.